The molecule has 0 fully saturated rings. The summed E-state index contributed by atoms with van der Waals surface area (Å²) in [5.74, 6) is 0.864. The van der Waals surface area contributed by atoms with Gasteiger partial charge in [-0.25, -0.2) is 4.98 Å². The van der Waals surface area contributed by atoms with E-state index in [-0.39, 0.29) is 0 Å². The highest BCUT2D eigenvalue weighted by Crippen LogP contribution is 2.04. The van der Waals surface area contributed by atoms with Gasteiger partial charge in [0.15, 0.2) is 0 Å². The molecular weight excluding hydrogens is 204 g/mol. The fraction of sp³-hybridized carbons (Fsp3) is 0.583. The highest BCUT2D eigenvalue weighted by Gasteiger charge is 1.96. The van der Waals surface area contributed by atoms with Crippen molar-refractivity contribution in [2.45, 2.75) is 20.0 Å². The van der Waals surface area contributed by atoms with Gasteiger partial charge in [-0.05, 0) is 18.6 Å². The van der Waals surface area contributed by atoms with Crippen LogP contribution >= 0.6 is 0 Å². The first-order valence-electron chi connectivity index (χ1n) is 5.66. The van der Waals surface area contributed by atoms with Crippen LogP contribution in [0, 0.1) is 0 Å². The fourth-order valence-corrected chi connectivity index (χ4v) is 1.24. The van der Waals surface area contributed by atoms with Crippen molar-refractivity contribution in [2.24, 2.45) is 0 Å². The number of nitrogens with one attached hydrogen (secondary N) is 1. The molecule has 4 heteroatoms. The molecule has 16 heavy (non-hydrogen) atoms. The molecule has 1 aromatic rings. The van der Waals surface area contributed by atoms with Crippen LogP contribution in [0.2, 0.25) is 0 Å². The van der Waals surface area contributed by atoms with Gasteiger partial charge in [-0.3, -0.25) is 0 Å². The van der Waals surface area contributed by atoms with E-state index in [1.165, 1.54) is 0 Å². The molecule has 0 aliphatic rings. The van der Waals surface area contributed by atoms with E-state index in [1.54, 1.807) is 0 Å². The molecular formula is C12H20N2O2. The Balaban J connectivity index is 2.16. The zero-order valence-electron chi connectivity index (χ0n) is 10.0. The van der Waals surface area contributed by atoms with Gasteiger partial charge in [0.05, 0.1) is 25.5 Å². The first kappa shape index (κ1) is 12.9. The second-order valence-electron chi connectivity index (χ2n) is 3.43. The number of aromatic nitrogens is 1. The lowest BCUT2D eigenvalue weighted by Gasteiger charge is -2.06. The average Bonchev–Trinajstić information content (AvgIpc) is 2.34. The summed E-state index contributed by atoms with van der Waals surface area (Å²) in [4.78, 5) is 4.35. The number of anilines is 1. The summed E-state index contributed by atoms with van der Waals surface area (Å²) in [6.45, 7) is 4.70. The van der Waals surface area contributed by atoms with Crippen LogP contribution in [0.4, 0.5) is 5.82 Å². The number of hydrogen-bond acceptors (Lipinski definition) is 4. The lowest BCUT2D eigenvalue weighted by Crippen LogP contribution is -2.06. The van der Waals surface area contributed by atoms with E-state index >= 15 is 0 Å². The molecule has 0 aromatic carbocycles. The topological polar surface area (TPSA) is 43.4 Å². The first-order valence-corrected chi connectivity index (χ1v) is 5.66. The van der Waals surface area contributed by atoms with Crippen molar-refractivity contribution in [2.75, 3.05) is 32.2 Å². The molecule has 4 nitrogen and oxygen atoms in total. The van der Waals surface area contributed by atoms with E-state index in [1.807, 2.05) is 25.2 Å². The maximum atomic E-state index is 5.45. The first-order chi connectivity index (χ1) is 7.86. The highest BCUT2D eigenvalue weighted by atomic mass is 16.5. The van der Waals surface area contributed by atoms with Crippen molar-refractivity contribution in [3.05, 3.63) is 23.9 Å². The Morgan fingerprint density at radius 2 is 2.00 bits per heavy atom. The van der Waals surface area contributed by atoms with Crippen LogP contribution < -0.4 is 5.32 Å². The minimum atomic E-state index is 0.533. The van der Waals surface area contributed by atoms with Crippen LogP contribution in [-0.2, 0) is 16.1 Å². The van der Waals surface area contributed by atoms with Crippen LogP contribution in [0.5, 0.6) is 0 Å². The van der Waals surface area contributed by atoms with Crippen molar-refractivity contribution >= 4 is 5.82 Å². The van der Waals surface area contributed by atoms with Gasteiger partial charge >= 0.3 is 0 Å². The summed E-state index contributed by atoms with van der Waals surface area (Å²) in [6.07, 6.45) is 1.05. The summed E-state index contributed by atoms with van der Waals surface area (Å²) in [7, 11) is 1.85. The monoisotopic (exact) mass is 224 g/mol. The Morgan fingerprint density at radius 1 is 1.19 bits per heavy atom. The van der Waals surface area contributed by atoms with Crippen molar-refractivity contribution in [3.63, 3.8) is 0 Å². The van der Waals surface area contributed by atoms with Crippen LogP contribution in [0.3, 0.4) is 0 Å². The van der Waals surface area contributed by atoms with Crippen molar-refractivity contribution in [3.8, 4) is 0 Å². The maximum absolute atomic E-state index is 5.45. The van der Waals surface area contributed by atoms with Gasteiger partial charge < -0.3 is 14.8 Å². The predicted molar refractivity (Wildman–Crippen MR) is 64.5 cm³/mol. The number of nitrogens with zero attached hydrogens (tertiary/aromatic N) is 1. The lowest BCUT2D eigenvalue weighted by atomic mass is 10.3. The Morgan fingerprint density at radius 3 is 2.75 bits per heavy atom. The molecule has 0 aliphatic carbocycles. The summed E-state index contributed by atoms with van der Waals surface area (Å²) in [5.41, 5.74) is 0.933. The van der Waals surface area contributed by atoms with Crippen LogP contribution in [0.15, 0.2) is 18.2 Å². The Labute approximate surface area is 97.0 Å². The van der Waals surface area contributed by atoms with E-state index in [9.17, 15) is 0 Å². The summed E-state index contributed by atoms with van der Waals surface area (Å²) >= 11 is 0. The van der Waals surface area contributed by atoms with Crippen molar-refractivity contribution in [1.82, 2.24) is 4.98 Å². The van der Waals surface area contributed by atoms with Crippen LogP contribution in [0.25, 0.3) is 0 Å². The molecule has 0 saturated heterocycles. The van der Waals surface area contributed by atoms with Gasteiger partial charge in [-0.2, -0.15) is 0 Å². The molecule has 90 valence electrons. The summed E-state index contributed by atoms with van der Waals surface area (Å²) < 4.78 is 10.8. The molecule has 0 amide bonds. The van der Waals surface area contributed by atoms with E-state index in [0.717, 1.165) is 24.5 Å². The molecule has 1 rings (SSSR count). The maximum Gasteiger partial charge on any atom is 0.126 e. The quantitative estimate of drug-likeness (QED) is 0.686. The van der Waals surface area contributed by atoms with Gasteiger partial charge in [0.1, 0.15) is 5.82 Å². The van der Waals surface area contributed by atoms with Crippen LogP contribution in [-0.4, -0.2) is 31.9 Å². The smallest absolute Gasteiger partial charge is 0.126 e. The molecule has 0 unspecified atom stereocenters. The summed E-state index contributed by atoms with van der Waals surface area (Å²) in [5, 5.41) is 2.99. The third kappa shape index (κ3) is 5.09. The standard InChI is InChI=1S/C12H20N2O2/c1-3-7-15-8-9-16-10-11-5-4-6-12(13-2)14-11/h4-6H,3,7-10H2,1-2H3,(H,13,14). The minimum absolute atomic E-state index is 0.533. The van der Waals surface area contributed by atoms with E-state index in [4.69, 9.17) is 9.47 Å². The third-order valence-electron chi connectivity index (χ3n) is 2.03. The lowest BCUT2D eigenvalue weighted by molar-refractivity contribution is 0.0398. The van der Waals surface area contributed by atoms with Crippen LogP contribution in [0.1, 0.15) is 19.0 Å². The second kappa shape index (κ2) is 8.07. The molecule has 1 heterocycles. The third-order valence-corrected chi connectivity index (χ3v) is 2.03. The minimum Gasteiger partial charge on any atom is -0.379 e. The number of hydrogen-bond donors (Lipinski definition) is 1. The average molecular weight is 224 g/mol. The largest absolute Gasteiger partial charge is 0.379 e. The molecule has 0 atom stereocenters. The number of ether oxygens (including phenoxy) is 2. The molecule has 0 spiro atoms. The Hall–Kier alpha value is -1.13. The zero-order chi connectivity index (χ0) is 11.6. The molecule has 0 bridgehead atoms. The van der Waals surface area contributed by atoms with Gasteiger partial charge in [0.2, 0.25) is 0 Å². The van der Waals surface area contributed by atoms with E-state index in [0.29, 0.717) is 19.8 Å². The second-order valence-corrected chi connectivity index (χ2v) is 3.43. The van der Waals surface area contributed by atoms with Crippen molar-refractivity contribution in [1.29, 1.82) is 0 Å². The molecule has 1 aromatic heterocycles. The molecule has 0 saturated carbocycles. The molecule has 0 radical (unpaired) electrons. The zero-order valence-corrected chi connectivity index (χ0v) is 10.0. The van der Waals surface area contributed by atoms with Gasteiger partial charge in [0, 0.05) is 13.7 Å². The molecule has 0 aliphatic heterocycles. The highest BCUT2D eigenvalue weighted by molar-refractivity contribution is 5.33. The van der Waals surface area contributed by atoms with Crippen molar-refractivity contribution < 1.29 is 9.47 Å². The van der Waals surface area contributed by atoms with Gasteiger partial charge in [-0.15, -0.1) is 0 Å². The van der Waals surface area contributed by atoms with E-state index in [2.05, 4.69) is 17.2 Å². The van der Waals surface area contributed by atoms with Gasteiger partial charge in [-0.1, -0.05) is 13.0 Å². The molecule has 1 N–H and O–H groups in total. The van der Waals surface area contributed by atoms with Gasteiger partial charge in [0.25, 0.3) is 0 Å². The normalized spacial score (nSPS) is 10.4. The number of rotatable bonds is 8. The summed E-state index contributed by atoms with van der Waals surface area (Å²) in [6, 6.07) is 5.84. The predicted octanol–water partition coefficient (Wildman–Crippen LogP) is 2.07. The Kier molecular flexibility index (Phi) is 6.53. The van der Waals surface area contributed by atoms with E-state index < -0.39 is 0 Å². The fourth-order valence-electron chi connectivity index (χ4n) is 1.24. The Bertz CT molecular complexity index is 292. The SMILES string of the molecule is CCCOCCOCc1cccc(NC)n1. The number of pyridine rings is 1.